The van der Waals surface area contributed by atoms with Gasteiger partial charge in [-0.1, -0.05) is 15.9 Å². The zero-order valence-corrected chi connectivity index (χ0v) is 13.3. The zero-order valence-electron chi connectivity index (χ0n) is 11.7. The molecule has 1 saturated carbocycles. The van der Waals surface area contributed by atoms with Crippen molar-refractivity contribution < 1.29 is 9.53 Å². The Labute approximate surface area is 121 Å². The number of carbonyl (C=O) groups is 1. The molecule has 3 N–H and O–H groups in total. The van der Waals surface area contributed by atoms with Gasteiger partial charge in [-0.25, -0.2) is 5.84 Å². The molecule has 1 aromatic rings. The van der Waals surface area contributed by atoms with Crippen LogP contribution in [0.5, 0.6) is 5.75 Å². The molecule has 0 spiro atoms. The van der Waals surface area contributed by atoms with Crippen LogP contribution in [-0.2, 0) is 10.2 Å². The molecular weight excluding hydrogens is 308 g/mol. The monoisotopic (exact) mass is 326 g/mol. The van der Waals surface area contributed by atoms with Crippen molar-refractivity contribution in [2.45, 2.75) is 39.0 Å². The first-order valence-corrected chi connectivity index (χ1v) is 7.04. The van der Waals surface area contributed by atoms with E-state index in [0.29, 0.717) is 0 Å². The number of ether oxygens (including phenoxy) is 1. The van der Waals surface area contributed by atoms with Crippen molar-refractivity contribution in [3.05, 3.63) is 26.7 Å². The van der Waals surface area contributed by atoms with E-state index in [2.05, 4.69) is 21.4 Å². The van der Waals surface area contributed by atoms with Crippen LogP contribution in [0.4, 0.5) is 0 Å². The van der Waals surface area contributed by atoms with Crippen molar-refractivity contribution >= 4 is 21.8 Å². The van der Waals surface area contributed by atoms with Crippen LogP contribution in [0.2, 0.25) is 0 Å². The minimum absolute atomic E-state index is 0.135. The molecule has 5 heteroatoms. The Balaban J connectivity index is 2.74. The van der Waals surface area contributed by atoms with Gasteiger partial charge in [0.2, 0.25) is 5.91 Å². The number of amides is 1. The smallest absolute Gasteiger partial charge is 0.244 e. The molecular formula is C14H19BrN2O2. The second-order valence-electron chi connectivity index (χ2n) is 5.15. The molecule has 0 atom stereocenters. The van der Waals surface area contributed by atoms with Gasteiger partial charge in [0.25, 0.3) is 0 Å². The molecule has 1 aliphatic carbocycles. The summed E-state index contributed by atoms with van der Waals surface area (Å²) in [7, 11) is 1.65. The van der Waals surface area contributed by atoms with Crippen molar-refractivity contribution in [2.24, 2.45) is 5.84 Å². The third-order valence-corrected chi connectivity index (χ3v) is 5.35. The topological polar surface area (TPSA) is 64.3 Å². The van der Waals surface area contributed by atoms with Gasteiger partial charge in [-0.3, -0.25) is 10.2 Å². The van der Waals surface area contributed by atoms with E-state index < -0.39 is 5.41 Å². The Bertz CT molecular complexity index is 551. The van der Waals surface area contributed by atoms with Gasteiger partial charge in [-0.2, -0.15) is 0 Å². The van der Waals surface area contributed by atoms with Crippen LogP contribution in [0.25, 0.3) is 0 Å². The van der Waals surface area contributed by atoms with E-state index in [9.17, 15) is 4.79 Å². The van der Waals surface area contributed by atoms with Crippen LogP contribution < -0.4 is 16.0 Å². The Morgan fingerprint density at radius 3 is 2.26 bits per heavy atom. The fraction of sp³-hybridized carbons (Fsp3) is 0.500. The van der Waals surface area contributed by atoms with Crippen molar-refractivity contribution in [3.63, 3.8) is 0 Å². The first kappa shape index (κ1) is 14.3. The van der Waals surface area contributed by atoms with Gasteiger partial charge in [-0.15, -0.1) is 0 Å². The summed E-state index contributed by atoms with van der Waals surface area (Å²) in [4.78, 5) is 12.1. The Morgan fingerprint density at radius 1 is 1.26 bits per heavy atom. The summed E-state index contributed by atoms with van der Waals surface area (Å²) in [5.41, 5.74) is 5.99. The van der Waals surface area contributed by atoms with Gasteiger partial charge in [0.15, 0.2) is 0 Å². The van der Waals surface area contributed by atoms with Crippen LogP contribution in [0.1, 0.15) is 35.1 Å². The first-order valence-electron chi connectivity index (χ1n) is 6.25. The fourth-order valence-corrected chi connectivity index (χ4v) is 3.26. The van der Waals surface area contributed by atoms with Crippen LogP contribution >= 0.6 is 15.9 Å². The summed E-state index contributed by atoms with van der Waals surface area (Å²) >= 11 is 3.62. The highest BCUT2D eigenvalue weighted by Crippen LogP contribution is 2.55. The van der Waals surface area contributed by atoms with Crippen molar-refractivity contribution in [2.75, 3.05) is 7.11 Å². The fourth-order valence-electron chi connectivity index (χ4n) is 2.77. The van der Waals surface area contributed by atoms with Crippen LogP contribution in [0, 0.1) is 20.8 Å². The molecule has 2 rings (SSSR count). The van der Waals surface area contributed by atoms with Crippen molar-refractivity contribution in [3.8, 4) is 5.75 Å². The van der Waals surface area contributed by atoms with Gasteiger partial charge in [-0.05, 0) is 50.3 Å². The molecule has 1 aliphatic rings. The molecule has 0 aliphatic heterocycles. The average Bonchev–Trinajstić information content (AvgIpc) is 3.20. The maximum absolute atomic E-state index is 12.1. The SMILES string of the molecule is COc1c(C)c(C)c(Br)c(C)c1C1(C(=O)NN)CC1. The molecule has 19 heavy (non-hydrogen) atoms. The summed E-state index contributed by atoms with van der Waals surface area (Å²) in [5, 5.41) is 0. The van der Waals surface area contributed by atoms with Gasteiger partial charge < -0.3 is 4.74 Å². The van der Waals surface area contributed by atoms with E-state index in [1.54, 1.807) is 7.11 Å². The molecule has 104 valence electrons. The number of methoxy groups -OCH3 is 1. The molecule has 1 aromatic carbocycles. The van der Waals surface area contributed by atoms with E-state index in [1.807, 2.05) is 20.8 Å². The molecule has 1 fully saturated rings. The average molecular weight is 327 g/mol. The molecule has 4 nitrogen and oxygen atoms in total. The van der Waals surface area contributed by atoms with Gasteiger partial charge in [0.05, 0.1) is 12.5 Å². The standard InChI is InChI=1S/C14H19BrN2O2/c1-7-8(2)12(19-4)10(9(3)11(7)15)14(5-6-14)13(18)17-16/h5-6,16H2,1-4H3,(H,17,18). The van der Waals surface area contributed by atoms with Crippen LogP contribution in [0.3, 0.4) is 0 Å². The number of carbonyl (C=O) groups excluding carboxylic acids is 1. The third-order valence-electron chi connectivity index (χ3n) is 4.16. The first-order chi connectivity index (χ1) is 8.90. The van der Waals surface area contributed by atoms with E-state index in [1.165, 1.54) is 0 Å². The molecule has 0 bridgehead atoms. The minimum atomic E-state index is -0.523. The lowest BCUT2D eigenvalue weighted by Gasteiger charge is -2.24. The van der Waals surface area contributed by atoms with E-state index in [-0.39, 0.29) is 5.91 Å². The molecule has 1 amide bonds. The molecule has 0 radical (unpaired) electrons. The van der Waals surface area contributed by atoms with Gasteiger partial charge >= 0.3 is 0 Å². The Kier molecular flexibility index (Phi) is 3.62. The maximum atomic E-state index is 12.1. The predicted octanol–water partition coefficient (Wildman–Crippen LogP) is 2.40. The third kappa shape index (κ3) is 1.96. The Morgan fingerprint density at radius 2 is 1.84 bits per heavy atom. The lowest BCUT2D eigenvalue weighted by Crippen LogP contribution is -2.39. The zero-order chi connectivity index (χ0) is 14.4. The maximum Gasteiger partial charge on any atom is 0.244 e. The molecule has 0 unspecified atom stereocenters. The number of hydrogen-bond donors (Lipinski definition) is 2. The quantitative estimate of drug-likeness (QED) is 0.509. The molecule has 0 saturated heterocycles. The van der Waals surface area contributed by atoms with Gasteiger partial charge in [0, 0.05) is 10.0 Å². The summed E-state index contributed by atoms with van der Waals surface area (Å²) in [6.07, 6.45) is 1.62. The summed E-state index contributed by atoms with van der Waals surface area (Å²) in [6.45, 7) is 6.07. The number of hydrogen-bond acceptors (Lipinski definition) is 3. The lowest BCUT2D eigenvalue weighted by molar-refractivity contribution is -0.123. The lowest BCUT2D eigenvalue weighted by atomic mass is 9.87. The minimum Gasteiger partial charge on any atom is -0.496 e. The van der Waals surface area contributed by atoms with Crippen molar-refractivity contribution in [1.82, 2.24) is 5.43 Å². The van der Waals surface area contributed by atoms with E-state index in [0.717, 1.165) is 45.3 Å². The highest BCUT2D eigenvalue weighted by atomic mass is 79.9. The highest BCUT2D eigenvalue weighted by Gasteiger charge is 2.54. The van der Waals surface area contributed by atoms with E-state index >= 15 is 0 Å². The summed E-state index contributed by atoms with van der Waals surface area (Å²) in [6, 6.07) is 0. The van der Waals surface area contributed by atoms with Crippen molar-refractivity contribution in [1.29, 1.82) is 0 Å². The van der Waals surface area contributed by atoms with Gasteiger partial charge in [0.1, 0.15) is 5.75 Å². The number of rotatable bonds is 3. The molecule has 0 aromatic heterocycles. The number of nitrogens with two attached hydrogens (primary N) is 1. The van der Waals surface area contributed by atoms with E-state index in [4.69, 9.17) is 10.6 Å². The van der Waals surface area contributed by atoms with Crippen LogP contribution in [-0.4, -0.2) is 13.0 Å². The number of halogens is 1. The second-order valence-corrected chi connectivity index (χ2v) is 5.95. The highest BCUT2D eigenvalue weighted by molar-refractivity contribution is 9.10. The Hall–Kier alpha value is -1.07. The van der Waals surface area contributed by atoms with Crippen LogP contribution in [0.15, 0.2) is 4.47 Å². The molecule has 0 heterocycles. The summed E-state index contributed by atoms with van der Waals surface area (Å²) in [5.74, 6) is 6.00. The number of nitrogens with one attached hydrogen (secondary N) is 1. The number of benzene rings is 1. The predicted molar refractivity (Wildman–Crippen MR) is 78.1 cm³/mol. The summed E-state index contributed by atoms with van der Waals surface area (Å²) < 4.78 is 6.61. The number of hydrazine groups is 1. The normalized spacial score (nSPS) is 16.1. The largest absolute Gasteiger partial charge is 0.496 e. The second kappa shape index (κ2) is 4.80.